The highest BCUT2D eigenvalue weighted by Crippen LogP contribution is 2.35. The van der Waals surface area contributed by atoms with E-state index in [1.165, 1.54) is 96.3 Å². The van der Waals surface area contributed by atoms with E-state index < -0.39 is 6.29 Å². The molecular weight excluding hydrogens is 402 g/mol. The van der Waals surface area contributed by atoms with Crippen molar-refractivity contribution in [3.05, 3.63) is 0 Å². The lowest BCUT2D eigenvalue weighted by Crippen LogP contribution is -2.37. The Morgan fingerprint density at radius 2 is 1.22 bits per heavy atom. The van der Waals surface area contributed by atoms with E-state index in [1.807, 2.05) is 0 Å². The third-order valence-electron chi connectivity index (χ3n) is 7.30. The van der Waals surface area contributed by atoms with Crippen LogP contribution in [0.3, 0.4) is 0 Å². The Bertz CT molecular complexity index is 449. The number of aliphatic hydroxyl groups is 1. The molecule has 0 saturated carbocycles. The lowest BCUT2D eigenvalue weighted by atomic mass is 9.90. The van der Waals surface area contributed by atoms with Crippen LogP contribution in [0.2, 0.25) is 0 Å². The number of hydrogen-bond acceptors (Lipinski definition) is 5. The number of hydrogen-bond donors (Lipinski definition) is 2. The molecule has 0 amide bonds. The summed E-state index contributed by atoms with van der Waals surface area (Å²) in [6.07, 6.45) is 23.3. The molecule has 190 valence electrons. The van der Waals surface area contributed by atoms with Gasteiger partial charge in [-0.15, -0.1) is 0 Å². The van der Waals surface area contributed by atoms with Gasteiger partial charge in [-0.2, -0.15) is 0 Å². The highest BCUT2D eigenvalue weighted by atomic mass is 16.8. The maximum atomic E-state index is 9.40. The fourth-order valence-electron chi connectivity index (χ4n) is 4.85. The second-order valence-electron chi connectivity index (χ2n) is 10.2. The van der Waals surface area contributed by atoms with Gasteiger partial charge in [0.15, 0.2) is 12.6 Å². The maximum Gasteiger partial charge on any atom is 0.184 e. The van der Waals surface area contributed by atoms with Crippen LogP contribution in [0.1, 0.15) is 129 Å². The summed E-state index contributed by atoms with van der Waals surface area (Å²) in [7, 11) is 0. The predicted molar refractivity (Wildman–Crippen MR) is 131 cm³/mol. The Hall–Kier alpha value is -0.200. The van der Waals surface area contributed by atoms with Crippen LogP contribution in [0.5, 0.6) is 0 Å². The van der Waals surface area contributed by atoms with E-state index >= 15 is 0 Å². The average Bonchev–Trinajstić information content (AvgIpc) is 3.71. The summed E-state index contributed by atoms with van der Waals surface area (Å²) >= 11 is 0. The summed E-state index contributed by atoms with van der Waals surface area (Å²) in [5.41, 5.74) is 6.21. The van der Waals surface area contributed by atoms with Crippen LogP contribution >= 0.6 is 0 Å². The third kappa shape index (κ3) is 12.3. The smallest absolute Gasteiger partial charge is 0.184 e. The van der Waals surface area contributed by atoms with E-state index in [0.717, 1.165) is 25.9 Å². The number of nitrogens with two attached hydrogens (primary N) is 1. The minimum absolute atomic E-state index is 0.0439. The Morgan fingerprint density at radius 1 is 0.750 bits per heavy atom. The van der Waals surface area contributed by atoms with Gasteiger partial charge in [0.05, 0.1) is 0 Å². The van der Waals surface area contributed by atoms with Crippen molar-refractivity contribution in [3.8, 4) is 0 Å². The maximum absolute atomic E-state index is 9.40. The number of unbranched alkanes of at least 4 members (excludes halogenated alkanes) is 15. The fraction of sp³-hybridized carbons (Fsp3) is 1.00. The molecule has 6 atom stereocenters. The van der Waals surface area contributed by atoms with Gasteiger partial charge in [0, 0.05) is 12.6 Å². The summed E-state index contributed by atoms with van der Waals surface area (Å²) in [5.74, 6) is 0.311. The van der Waals surface area contributed by atoms with Crippen LogP contribution in [0, 0.1) is 5.92 Å². The van der Waals surface area contributed by atoms with Gasteiger partial charge < -0.3 is 25.1 Å². The first-order chi connectivity index (χ1) is 15.7. The van der Waals surface area contributed by atoms with E-state index in [9.17, 15) is 5.11 Å². The van der Waals surface area contributed by atoms with Crippen LogP contribution in [0.15, 0.2) is 0 Å². The Balaban J connectivity index is 1.28. The van der Waals surface area contributed by atoms with E-state index in [2.05, 4.69) is 13.8 Å². The number of epoxide rings is 2. The molecule has 0 aliphatic carbocycles. The SMILES string of the molecule is CCCCCCCCCCCCCCCCCCOC1OC1CC(CC)C(N)C1OC1O. The van der Waals surface area contributed by atoms with Gasteiger partial charge in [-0.05, 0) is 18.8 Å². The van der Waals surface area contributed by atoms with E-state index in [-0.39, 0.29) is 24.5 Å². The van der Waals surface area contributed by atoms with Crippen LogP contribution < -0.4 is 5.73 Å². The topological polar surface area (TPSA) is 80.5 Å². The zero-order chi connectivity index (χ0) is 23.0. The van der Waals surface area contributed by atoms with Gasteiger partial charge in [0.2, 0.25) is 0 Å². The van der Waals surface area contributed by atoms with Crippen LogP contribution in [0.25, 0.3) is 0 Å². The molecule has 0 aromatic rings. The summed E-state index contributed by atoms with van der Waals surface area (Å²) in [6, 6.07) is -0.111. The summed E-state index contributed by atoms with van der Waals surface area (Å²) in [5, 5.41) is 9.40. The van der Waals surface area contributed by atoms with E-state index in [4.69, 9.17) is 19.9 Å². The molecule has 0 aromatic heterocycles. The molecule has 2 aliphatic rings. The molecule has 2 aliphatic heterocycles. The third-order valence-corrected chi connectivity index (χ3v) is 7.30. The zero-order valence-corrected chi connectivity index (χ0v) is 21.1. The molecule has 3 N–H and O–H groups in total. The molecule has 2 fully saturated rings. The lowest BCUT2D eigenvalue weighted by molar-refractivity contribution is 0.0478. The van der Waals surface area contributed by atoms with Gasteiger partial charge in [-0.3, -0.25) is 0 Å². The molecule has 2 rings (SSSR count). The van der Waals surface area contributed by atoms with E-state index in [0.29, 0.717) is 5.92 Å². The normalized spacial score (nSPS) is 26.2. The molecule has 0 spiro atoms. The van der Waals surface area contributed by atoms with Crippen molar-refractivity contribution >= 4 is 0 Å². The molecule has 0 aromatic carbocycles. The quantitative estimate of drug-likeness (QED) is 0.137. The summed E-state index contributed by atoms with van der Waals surface area (Å²) in [6.45, 7) is 5.22. The Morgan fingerprint density at radius 3 is 1.66 bits per heavy atom. The van der Waals surface area contributed by atoms with Gasteiger partial charge in [-0.25, -0.2) is 0 Å². The number of rotatable bonds is 23. The number of aliphatic hydroxyl groups excluding tert-OH is 1. The standard InChI is InChI=1S/C27H53NO4/c1-3-5-6-7-8-9-10-11-12-13-14-15-16-17-18-19-20-30-27-23(31-27)21-22(4-2)24(28)25-26(29)32-25/h22-27,29H,3-21,28H2,1-2H3. The lowest BCUT2D eigenvalue weighted by Gasteiger charge is -2.19. The molecule has 2 heterocycles. The number of ether oxygens (including phenoxy) is 3. The first-order valence-corrected chi connectivity index (χ1v) is 14.0. The van der Waals surface area contributed by atoms with Gasteiger partial charge >= 0.3 is 0 Å². The second kappa shape index (κ2) is 17.3. The average molecular weight is 456 g/mol. The first-order valence-electron chi connectivity index (χ1n) is 14.0. The summed E-state index contributed by atoms with van der Waals surface area (Å²) in [4.78, 5) is 0. The highest BCUT2D eigenvalue weighted by Gasteiger charge is 2.48. The van der Waals surface area contributed by atoms with Crippen LogP contribution in [0.4, 0.5) is 0 Å². The predicted octanol–water partition coefficient (Wildman–Crippen LogP) is 6.45. The van der Waals surface area contributed by atoms with Crippen molar-refractivity contribution < 1.29 is 19.3 Å². The first kappa shape index (κ1) is 28.0. The van der Waals surface area contributed by atoms with E-state index in [1.54, 1.807) is 0 Å². The highest BCUT2D eigenvalue weighted by molar-refractivity contribution is 4.93. The molecule has 6 unspecified atom stereocenters. The van der Waals surface area contributed by atoms with Crippen LogP contribution in [-0.4, -0.2) is 42.5 Å². The molecular formula is C27H53NO4. The van der Waals surface area contributed by atoms with Crippen molar-refractivity contribution in [1.82, 2.24) is 0 Å². The van der Waals surface area contributed by atoms with Crippen molar-refractivity contribution in [2.45, 2.75) is 160 Å². The Labute approximate surface area is 198 Å². The monoisotopic (exact) mass is 455 g/mol. The fourth-order valence-corrected chi connectivity index (χ4v) is 4.85. The van der Waals surface area contributed by atoms with Crippen molar-refractivity contribution in [2.75, 3.05) is 6.61 Å². The molecule has 32 heavy (non-hydrogen) atoms. The van der Waals surface area contributed by atoms with Crippen molar-refractivity contribution in [3.63, 3.8) is 0 Å². The second-order valence-corrected chi connectivity index (χ2v) is 10.2. The van der Waals surface area contributed by atoms with Crippen molar-refractivity contribution in [2.24, 2.45) is 11.7 Å². The largest absolute Gasteiger partial charge is 0.366 e. The van der Waals surface area contributed by atoms with Gasteiger partial charge in [-0.1, -0.05) is 117 Å². The van der Waals surface area contributed by atoms with Gasteiger partial charge in [0.1, 0.15) is 12.2 Å². The Kier molecular flexibility index (Phi) is 15.1. The van der Waals surface area contributed by atoms with Gasteiger partial charge in [0.25, 0.3) is 0 Å². The van der Waals surface area contributed by atoms with Crippen molar-refractivity contribution in [1.29, 1.82) is 0 Å². The molecule has 5 nitrogen and oxygen atoms in total. The van der Waals surface area contributed by atoms with Crippen LogP contribution in [-0.2, 0) is 14.2 Å². The molecule has 0 radical (unpaired) electrons. The minimum Gasteiger partial charge on any atom is -0.366 e. The minimum atomic E-state index is -0.666. The molecule has 5 heteroatoms. The summed E-state index contributed by atoms with van der Waals surface area (Å²) < 4.78 is 16.7. The molecule has 2 saturated heterocycles. The molecule has 0 bridgehead atoms. The zero-order valence-electron chi connectivity index (χ0n) is 21.1.